The molecule has 3 heteroatoms. The summed E-state index contributed by atoms with van der Waals surface area (Å²) in [7, 11) is 0. The Morgan fingerprint density at radius 3 is 2.88 bits per heavy atom. The van der Waals surface area contributed by atoms with Crippen LogP contribution in [-0.2, 0) is 6.61 Å². The molecule has 16 heavy (non-hydrogen) atoms. The van der Waals surface area contributed by atoms with E-state index in [0.29, 0.717) is 12.2 Å². The minimum atomic E-state index is 0.586. The number of thiophene rings is 1. The van der Waals surface area contributed by atoms with Gasteiger partial charge in [-0.1, -0.05) is 6.07 Å². The first kappa shape index (κ1) is 10.7. The van der Waals surface area contributed by atoms with Crippen LogP contribution in [0.15, 0.2) is 35.7 Å². The first-order valence-corrected chi connectivity index (χ1v) is 5.83. The lowest BCUT2D eigenvalue weighted by atomic mass is 10.1. The number of aryl methyl sites for hydroxylation is 1. The van der Waals surface area contributed by atoms with Gasteiger partial charge >= 0.3 is 0 Å². The van der Waals surface area contributed by atoms with Gasteiger partial charge in [-0.2, -0.15) is 5.26 Å². The van der Waals surface area contributed by atoms with E-state index in [9.17, 15) is 0 Å². The van der Waals surface area contributed by atoms with E-state index < -0.39 is 0 Å². The summed E-state index contributed by atoms with van der Waals surface area (Å²) in [5.41, 5.74) is 1.65. The lowest BCUT2D eigenvalue weighted by molar-refractivity contribution is 0.309. The average molecular weight is 229 g/mol. The maximum absolute atomic E-state index is 8.80. The maximum atomic E-state index is 8.80. The molecular formula is C13H11NOS. The summed E-state index contributed by atoms with van der Waals surface area (Å²) in [6, 6.07) is 11.7. The fourth-order valence-corrected chi connectivity index (χ4v) is 2.02. The number of nitrogens with zero attached hydrogens (tertiary/aromatic N) is 1. The number of rotatable bonds is 3. The van der Waals surface area contributed by atoms with Crippen LogP contribution in [0.5, 0.6) is 5.75 Å². The molecule has 2 rings (SSSR count). The van der Waals surface area contributed by atoms with Gasteiger partial charge in [0, 0.05) is 4.88 Å². The molecule has 1 heterocycles. The third-order valence-corrected chi connectivity index (χ3v) is 3.13. The third-order valence-electron chi connectivity index (χ3n) is 2.28. The van der Waals surface area contributed by atoms with Gasteiger partial charge < -0.3 is 4.74 Å². The van der Waals surface area contributed by atoms with Crippen molar-refractivity contribution >= 4 is 11.3 Å². The zero-order chi connectivity index (χ0) is 11.4. The molecule has 0 aliphatic carbocycles. The van der Waals surface area contributed by atoms with Gasteiger partial charge in [0.1, 0.15) is 12.4 Å². The van der Waals surface area contributed by atoms with E-state index in [1.165, 1.54) is 4.88 Å². The zero-order valence-electron chi connectivity index (χ0n) is 8.93. The van der Waals surface area contributed by atoms with Gasteiger partial charge in [0.05, 0.1) is 11.6 Å². The highest BCUT2D eigenvalue weighted by molar-refractivity contribution is 7.09. The quantitative estimate of drug-likeness (QED) is 0.807. The molecule has 1 aromatic heterocycles. The largest absolute Gasteiger partial charge is 0.488 e. The normalized spacial score (nSPS) is 9.75. The molecule has 0 bridgehead atoms. The smallest absolute Gasteiger partial charge is 0.122 e. The molecule has 0 saturated carbocycles. The summed E-state index contributed by atoms with van der Waals surface area (Å²) < 4.78 is 5.63. The Balaban J connectivity index is 2.06. The van der Waals surface area contributed by atoms with Crippen LogP contribution in [0.25, 0.3) is 0 Å². The van der Waals surface area contributed by atoms with Gasteiger partial charge in [0.25, 0.3) is 0 Å². The van der Waals surface area contributed by atoms with Crippen molar-refractivity contribution < 1.29 is 4.74 Å². The number of hydrogen-bond acceptors (Lipinski definition) is 3. The Hall–Kier alpha value is -1.79. The lowest BCUT2D eigenvalue weighted by Gasteiger charge is -2.06. The predicted molar refractivity (Wildman–Crippen MR) is 64.5 cm³/mol. The van der Waals surface area contributed by atoms with Crippen LogP contribution in [0.1, 0.15) is 16.0 Å². The molecule has 2 aromatic rings. The number of hydrogen-bond donors (Lipinski definition) is 0. The van der Waals surface area contributed by atoms with E-state index in [1.54, 1.807) is 17.4 Å². The molecule has 0 atom stereocenters. The van der Waals surface area contributed by atoms with Crippen molar-refractivity contribution in [3.05, 3.63) is 51.7 Å². The molecule has 0 saturated heterocycles. The van der Waals surface area contributed by atoms with Gasteiger partial charge in [0.15, 0.2) is 0 Å². The van der Waals surface area contributed by atoms with Crippen LogP contribution in [0.4, 0.5) is 0 Å². The second kappa shape index (κ2) is 4.82. The monoisotopic (exact) mass is 229 g/mol. The maximum Gasteiger partial charge on any atom is 0.122 e. The SMILES string of the molecule is Cc1cc(OCc2cccs2)ccc1C#N. The molecule has 1 aromatic carbocycles. The van der Waals surface area contributed by atoms with Crippen molar-refractivity contribution in [2.24, 2.45) is 0 Å². The number of nitriles is 1. The summed E-state index contributed by atoms with van der Waals surface area (Å²) in [5, 5.41) is 10.8. The third kappa shape index (κ3) is 2.41. The molecule has 0 fully saturated rings. The summed E-state index contributed by atoms with van der Waals surface area (Å²) in [6.45, 7) is 2.50. The second-order valence-electron chi connectivity index (χ2n) is 3.46. The van der Waals surface area contributed by atoms with Crippen molar-refractivity contribution in [3.8, 4) is 11.8 Å². The topological polar surface area (TPSA) is 33.0 Å². The molecule has 0 amide bonds. The van der Waals surface area contributed by atoms with E-state index in [1.807, 2.05) is 36.6 Å². The fourth-order valence-electron chi connectivity index (χ4n) is 1.40. The van der Waals surface area contributed by atoms with E-state index >= 15 is 0 Å². The van der Waals surface area contributed by atoms with E-state index in [2.05, 4.69) is 6.07 Å². The molecule has 80 valence electrons. The first-order chi connectivity index (χ1) is 7.79. The average Bonchev–Trinajstić information content (AvgIpc) is 2.79. The van der Waals surface area contributed by atoms with E-state index in [0.717, 1.165) is 11.3 Å². The van der Waals surface area contributed by atoms with Crippen LogP contribution in [0.3, 0.4) is 0 Å². The van der Waals surface area contributed by atoms with Crippen molar-refractivity contribution in [1.29, 1.82) is 5.26 Å². The fraction of sp³-hybridized carbons (Fsp3) is 0.154. The molecule has 0 spiro atoms. The molecular weight excluding hydrogens is 218 g/mol. The zero-order valence-corrected chi connectivity index (χ0v) is 9.75. The molecule has 2 nitrogen and oxygen atoms in total. The number of benzene rings is 1. The Morgan fingerprint density at radius 1 is 1.38 bits per heavy atom. The van der Waals surface area contributed by atoms with Crippen LogP contribution in [0.2, 0.25) is 0 Å². The van der Waals surface area contributed by atoms with Gasteiger partial charge in [-0.05, 0) is 42.1 Å². The Labute approximate surface area is 98.7 Å². The van der Waals surface area contributed by atoms with Crippen molar-refractivity contribution in [3.63, 3.8) is 0 Å². The summed E-state index contributed by atoms with van der Waals surface area (Å²) in [4.78, 5) is 1.20. The van der Waals surface area contributed by atoms with Crippen LogP contribution in [0, 0.1) is 18.3 Å². The number of ether oxygens (including phenoxy) is 1. The minimum Gasteiger partial charge on any atom is -0.488 e. The van der Waals surface area contributed by atoms with Crippen LogP contribution < -0.4 is 4.74 Å². The highest BCUT2D eigenvalue weighted by Gasteiger charge is 2.00. The summed E-state index contributed by atoms with van der Waals surface area (Å²) in [6.07, 6.45) is 0. The van der Waals surface area contributed by atoms with Gasteiger partial charge in [-0.3, -0.25) is 0 Å². The first-order valence-electron chi connectivity index (χ1n) is 4.95. The summed E-state index contributed by atoms with van der Waals surface area (Å²) in [5.74, 6) is 0.810. The summed E-state index contributed by atoms with van der Waals surface area (Å²) >= 11 is 1.68. The molecule has 0 aliphatic rings. The standard InChI is InChI=1S/C13H11NOS/c1-10-7-12(5-4-11(10)8-14)15-9-13-3-2-6-16-13/h2-7H,9H2,1H3. The molecule has 0 N–H and O–H groups in total. The van der Waals surface area contributed by atoms with Crippen LogP contribution >= 0.6 is 11.3 Å². The Kier molecular flexibility index (Phi) is 3.23. The molecule has 0 unspecified atom stereocenters. The minimum absolute atomic E-state index is 0.586. The molecule has 0 aliphatic heterocycles. The van der Waals surface area contributed by atoms with Crippen LogP contribution in [-0.4, -0.2) is 0 Å². The lowest BCUT2D eigenvalue weighted by Crippen LogP contribution is -1.93. The Morgan fingerprint density at radius 2 is 2.25 bits per heavy atom. The molecule has 0 radical (unpaired) electrons. The van der Waals surface area contributed by atoms with Gasteiger partial charge in [0.2, 0.25) is 0 Å². The highest BCUT2D eigenvalue weighted by Crippen LogP contribution is 2.19. The van der Waals surface area contributed by atoms with E-state index in [-0.39, 0.29) is 0 Å². The Bertz CT molecular complexity index is 511. The van der Waals surface area contributed by atoms with Crippen molar-refractivity contribution in [1.82, 2.24) is 0 Å². The highest BCUT2D eigenvalue weighted by atomic mass is 32.1. The van der Waals surface area contributed by atoms with Gasteiger partial charge in [-0.15, -0.1) is 11.3 Å². The second-order valence-corrected chi connectivity index (χ2v) is 4.49. The van der Waals surface area contributed by atoms with Gasteiger partial charge in [-0.25, -0.2) is 0 Å². The van der Waals surface area contributed by atoms with Crippen molar-refractivity contribution in [2.45, 2.75) is 13.5 Å². The van der Waals surface area contributed by atoms with E-state index in [4.69, 9.17) is 10.00 Å². The predicted octanol–water partition coefficient (Wildman–Crippen LogP) is 3.51. The van der Waals surface area contributed by atoms with Crippen molar-refractivity contribution in [2.75, 3.05) is 0 Å².